The molecule has 6 nitrogen and oxygen atoms in total. The Hall–Kier alpha value is -1.54. The van der Waals surface area contributed by atoms with Crippen LogP contribution in [0.4, 0.5) is 10.6 Å². The van der Waals surface area contributed by atoms with Crippen molar-refractivity contribution in [3.8, 4) is 10.6 Å². The van der Waals surface area contributed by atoms with Crippen molar-refractivity contribution in [3.63, 3.8) is 0 Å². The minimum Gasteiger partial charge on any atom is -0.444 e. The van der Waals surface area contributed by atoms with E-state index in [4.69, 9.17) is 4.74 Å². The molecule has 1 N–H and O–H groups in total. The molecule has 2 aromatic rings. The molecule has 22 heavy (non-hydrogen) atoms. The lowest BCUT2D eigenvalue weighted by Crippen LogP contribution is -2.27. The van der Waals surface area contributed by atoms with Crippen LogP contribution < -0.4 is 5.32 Å². The van der Waals surface area contributed by atoms with Crippen molar-refractivity contribution in [1.29, 1.82) is 0 Å². The van der Waals surface area contributed by atoms with E-state index in [9.17, 15) is 4.79 Å². The smallest absolute Gasteiger partial charge is 0.413 e. The normalized spacial score (nSPS) is 12.8. The molecule has 8 heteroatoms. The average molecular weight is 385 g/mol. The van der Waals surface area contributed by atoms with Crippen molar-refractivity contribution in [3.05, 3.63) is 23.3 Å². The molecule has 0 aromatic carbocycles. The molecule has 1 atom stereocenters. The Morgan fingerprint density at radius 2 is 2.09 bits per heavy atom. The van der Waals surface area contributed by atoms with Crippen molar-refractivity contribution in [2.24, 2.45) is 0 Å². The van der Waals surface area contributed by atoms with Crippen LogP contribution in [0.1, 0.15) is 37.5 Å². The van der Waals surface area contributed by atoms with E-state index in [0.29, 0.717) is 5.82 Å². The van der Waals surface area contributed by atoms with Crippen LogP contribution in [0.25, 0.3) is 10.6 Å². The standard InChI is InChI=1S/C14H17BrN4O2S/c1-8(15)11-18-19-12(22-11)9-5-6-10(16-7-9)17-13(20)21-14(2,3)4/h5-8H,1-4H3,(H,16,17,20). The van der Waals surface area contributed by atoms with Crippen LogP contribution in [0.5, 0.6) is 0 Å². The highest BCUT2D eigenvalue weighted by Crippen LogP contribution is 2.30. The van der Waals surface area contributed by atoms with Crippen LogP contribution in [0.2, 0.25) is 0 Å². The Labute approximate surface area is 141 Å². The molecule has 0 aliphatic rings. The van der Waals surface area contributed by atoms with Crippen LogP contribution in [-0.4, -0.2) is 26.9 Å². The number of nitrogens with one attached hydrogen (secondary N) is 1. The number of carbonyl (C=O) groups is 1. The van der Waals surface area contributed by atoms with E-state index < -0.39 is 11.7 Å². The number of hydrogen-bond donors (Lipinski definition) is 1. The summed E-state index contributed by atoms with van der Waals surface area (Å²) in [5.41, 5.74) is 0.311. The molecule has 0 aliphatic heterocycles. The van der Waals surface area contributed by atoms with Gasteiger partial charge in [-0.1, -0.05) is 27.3 Å². The van der Waals surface area contributed by atoms with Crippen molar-refractivity contribution >= 4 is 39.2 Å². The first kappa shape index (κ1) is 16.8. The number of hydrogen-bond acceptors (Lipinski definition) is 6. The molecule has 1 unspecified atom stereocenters. The lowest BCUT2D eigenvalue weighted by Gasteiger charge is -2.19. The molecule has 118 valence electrons. The molecule has 2 rings (SSSR count). The van der Waals surface area contributed by atoms with Gasteiger partial charge in [0.05, 0.1) is 4.83 Å². The number of halogens is 1. The fraction of sp³-hybridized carbons (Fsp3) is 0.429. The summed E-state index contributed by atoms with van der Waals surface area (Å²) in [6, 6.07) is 3.54. The van der Waals surface area contributed by atoms with Gasteiger partial charge in [0, 0.05) is 11.8 Å². The van der Waals surface area contributed by atoms with Gasteiger partial charge in [-0.2, -0.15) is 0 Å². The summed E-state index contributed by atoms with van der Waals surface area (Å²) in [7, 11) is 0. The van der Waals surface area contributed by atoms with Crippen molar-refractivity contribution in [2.75, 3.05) is 5.32 Å². The molecule has 0 radical (unpaired) electrons. The molecular formula is C14H17BrN4O2S. The number of nitrogens with zero attached hydrogens (tertiary/aromatic N) is 3. The van der Waals surface area contributed by atoms with Gasteiger partial charge in [-0.3, -0.25) is 5.32 Å². The third-order valence-electron chi connectivity index (χ3n) is 2.42. The minimum absolute atomic E-state index is 0.166. The lowest BCUT2D eigenvalue weighted by molar-refractivity contribution is 0.0635. The Bertz CT molecular complexity index is 650. The van der Waals surface area contributed by atoms with Crippen LogP contribution in [0.15, 0.2) is 18.3 Å². The molecule has 2 heterocycles. The second-order valence-electron chi connectivity index (χ2n) is 5.62. The van der Waals surface area contributed by atoms with E-state index in [2.05, 4.69) is 36.4 Å². The van der Waals surface area contributed by atoms with Crippen LogP contribution in [0.3, 0.4) is 0 Å². The van der Waals surface area contributed by atoms with E-state index >= 15 is 0 Å². The highest BCUT2D eigenvalue weighted by atomic mass is 79.9. The van der Waals surface area contributed by atoms with Gasteiger partial charge in [-0.25, -0.2) is 9.78 Å². The first-order valence-corrected chi connectivity index (χ1v) is 8.42. The topological polar surface area (TPSA) is 77.0 Å². The van der Waals surface area contributed by atoms with Gasteiger partial charge < -0.3 is 4.74 Å². The zero-order valence-corrected chi connectivity index (χ0v) is 15.2. The fourth-order valence-corrected chi connectivity index (χ4v) is 2.65. The molecule has 0 bridgehead atoms. The van der Waals surface area contributed by atoms with E-state index in [1.54, 1.807) is 33.0 Å². The van der Waals surface area contributed by atoms with Gasteiger partial charge >= 0.3 is 6.09 Å². The second-order valence-corrected chi connectivity index (χ2v) is 8.00. The lowest BCUT2D eigenvalue weighted by atomic mass is 10.2. The van der Waals surface area contributed by atoms with Gasteiger partial charge in [-0.05, 0) is 39.8 Å². The number of carbonyl (C=O) groups excluding carboxylic acids is 1. The SMILES string of the molecule is CC(Br)c1nnc(-c2ccc(NC(=O)OC(C)(C)C)nc2)s1. The number of anilines is 1. The number of aromatic nitrogens is 3. The largest absolute Gasteiger partial charge is 0.444 e. The Kier molecular flexibility index (Phi) is 5.12. The summed E-state index contributed by atoms with van der Waals surface area (Å²) in [5, 5.41) is 12.5. The van der Waals surface area contributed by atoms with Crippen LogP contribution in [0, 0.1) is 0 Å². The van der Waals surface area contributed by atoms with Crippen LogP contribution in [-0.2, 0) is 4.74 Å². The number of amides is 1. The van der Waals surface area contributed by atoms with E-state index in [0.717, 1.165) is 15.6 Å². The molecule has 0 saturated heterocycles. The molecule has 0 fully saturated rings. The minimum atomic E-state index is -0.542. The number of pyridine rings is 1. The van der Waals surface area contributed by atoms with Crippen molar-refractivity contribution < 1.29 is 9.53 Å². The van der Waals surface area contributed by atoms with Crippen molar-refractivity contribution in [2.45, 2.75) is 38.1 Å². The summed E-state index contributed by atoms with van der Waals surface area (Å²) >= 11 is 4.96. The van der Waals surface area contributed by atoms with E-state index in [-0.39, 0.29) is 4.83 Å². The molecule has 1 amide bonds. The average Bonchev–Trinajstić information content (AvgIpc) is 2.87. The molecule has 0 spiro atoms. The maximum Gasteiger partial charge on any atom is 0.413 e. The van der Waals surface area contributed by atoms with Gasteiger partial charge in [0.2, 0.25) is 0 Å². The summed E-state index contributed by atoms with van der Waals surface area (Å²) in [6.07, 6.45) is 1.12. The number of rotatable bonds is 3. The Morgan fingerprint density at radius 1 is 1.36 bits per heavy atom. The third kappa shape index (κ3) is 4.74. The summed E-state index contributed by atoms with van der Waals surface area (Å²) in [4.78, 5) is 16.0. The highest BCUT2D eigenvalue weighted by molar-refractivity contribution is 9.09. The quantitative estimate of drug-likeness (QED) is 0.793. The molecule has 2 aromatic heterocycles. The Balaban J connectivity index is 2.05. The van der Waals surface area contributed by atoms with Crippen molar-refractivity contribution in [1.82, 2.24) is 15.2 Å². The van der Waals surface area contributed by atoms with E-state index in [1.165, 1.54) is 11.3 Å². The zero-order chi connectivity index (χ0) is 16.3. The van der Waals surface area contributed by atoms with Gasteiger partial charge in [0.1, 0.15) is 21.4 Å². The first-order valence-electron chi connectivity index (χ1n) is 6.68. The predicted molar refractivity (Wildman–Crippen MR) is 90.3 cm³/mol. The molecule has 0 saturated carbocycles. The summed E-state index contributed by atoms with van der Waals surface area (Å²) in [6.45, 7) is 7.42. The second kappa shape index (κ2) is 6.70. The fourth-order valence-electron chi connectivity index (χ4n) is 1.51. The monoisotopic (exact) mass is 384 g/mol. The zero-order valence-electron chi connectivity index (χ0n) is 12.8. The third-order valence-corrected chi connectivity index (χ3v) is 4.31. The number of ether oxygens (including phenoxy) is 1. The summed E-state index contributed by atoms with van der Waals surface area (Å²) in [5.74, 6) is 0.427. The first-order chi connectivity index (χ1) is 10.2. The number of alkyl halides is 1. The maximum atomic E-state index is 11.7. The van der Waals surface area contributed by atoms with Gasteiger partial charge in [0.25, 0.3) is 0 Å². The molecular weight excluding hydrogens is 368 g/mol. The Morgan fingerprint density at radius 3 is 2.59 bits per heavy atom. The predicted octanol–water partition coefficient (Wildman–Crippen LogP) is 4.40. The highest BCUT2D eigenvalue weighted by Gasteiger charge is 2.16. The summed E-state index contributed by atoms with van der Waals surface area (Å²) < 4.78 is 5.17. The van der Waals surface area contributed by atoms with Gasteiger partial charge in [-0.15, -0.1) is 10.2 Å². The van der Waals surface area contributed by atoms with Crippen LogP contribution >= 0.6 is 27.3 Å². The molecule has 0 aliphatic carbocycles. The van der Waals surface area contributed by atoms with Gasteiger partial charge in [0.15, 0.2) is 0 Å². The van der Waals surface area contributed by atoms with E-state index in [1.807, 2.05) is 13.0 Å². The maximum absolute atomic E-state index is 11.7.